The van der Waals surface area contributed by atoms with Crippen molar-refractivity contribution >= 4 is 11.8 Å². The zero-order chi connectivity index (χ0) is 13.8. The van der Waals surface area contributed by atoms with Gasteiger partial charge in [0.15, 0.2) is 12.5 Å². The van der Waals surface area contributed by atoms with Crippen LogP contribution in [-0.4, -0.2) is 60.2 Å². The first kappa shape index (κ1) is 14.2. The molecule has 2 rings (SSSR count). The molecular formula is C12H22N4O3. The highest BCUT2D eigenvalue weighted by Gasteiger charge is 2.35. The van der Waals surface area contributed by atoms with Crippen molar-refractivity contribution in [2.45, 2.75) is 38.1 Å². The topological polar surface area (TPSA) is 102 Å². The predicted octanol–water partition coefficient (Wildman–Crippen LogP) is -1.18. The second-order valence-electron chi connectivity index (χ2n) is 5.13. The molecule has 2 aliphatic heterocycles. The first-order chi connectivity index (χ1) is 9.09. The van der Waals surface area contributed by atoms with Crippen LogP contribution in [0.4, 0.5) is 0 Å². The summed E-state index contributed by atoms with van der Waals surface area (Å²) in [7, 11) is 0. The number of carbonyl (C=O) groups is 2. The smallest absolute Gasteiger partial charge is 0.261 e. The molecule has 2 aliphatic rings. The molecule has 0 radical (unpaired) electrons. The summed E-state index contributed by atoms with van der Waals surface area (Å²) in [6.07, 6.45) is 2.33. The molecule has 19 heavy (non-hydrogen) atoms. The van der Waals surface area contributed by atoms with E-state index in [4.69, 9.17) is 16.2 Å². The predicted molar refractivity (Wildman–Crippen MR) is 68.7 cm³/mol. The van der Waals surface area contributed by atoms with E-state index >= 15 is 0 Å². The lowest BCUT2D eigenvalue weighted by molar-refractivity contribution is -0.174. The van der Waals surface area contributed by atoms with E-state index in [-0.39, 0.29) is 0 Å². The van der Waals surface area contributed by atoms with Gasteiger partial charge >= 0.3 is 0 Å². The summed E-state index contributed by atoms with van der Waals surface area (Å²) in [5, 5.41) is 0. The molecule has 2 heterocycles. The minimum absolute atomic E-state index is 0.563. The SMILES string of the molecule is NC(=O)C(OC(C(N)=O)N1CCCC1)N1CCCC1. The zero-order valence-corrected chi connectivity index (χ0v) is 11.1. The molecular weight excluding hydrogens is 248 g/mol. The van der Waals surface area contributed by atoms with Crippen LogP contribution < -0.4 is 11.5 Å². The summed E-state index contributed by atoms with van der Waals surface area (Å²) in [4.78, 5) is 26.8. The van der Waals surface area contributed by atoms with Crippen molar-refractivity contribution in [1.82, 2.24) is 9.80 Å². The number of hydrogen-bond acceptors (Lipinski definition) is 5. The highest BCUT2D eigenvalue weighted by Crippen LogP contribution is 2.18. The van der Waals surface area contributed by atoms with Crippen LogP contribution in [0.3, 0.4) is 0 Å². The fraction of sp³-hybridized carbons (Fsp3) is 0.833. The summed E-state index contributed by atoms with van der Waals surface area (Å²) >= 11 is 0. The molecule has 2 saturated heterocycles. The first-order valence-electron chi connectivity index (χ1n) is 6.82. The van der Waals surface area contributed by atoms with Gasteiger partial charge in [-0.15, -0.1) is 0 Å². The molecule has 108 valence electrons. The summed E-state index contributed by atoms with van der Waals surface area (Å²) in [6.45, 7) is 3.05. The van der Waals surface area contributed by atoms with Crippen molar-refractivity contribution in [3.05, 3.63) is 0 Å². The Balaban J connectivity index is 2.03. The maximum absolute atomic E-state index is 11.5. The zero-order valence-electron chi connectivity index (χ0n) is 11.1. The van der Waals surface area contributed by atoms with Gasteiger partial charge in [0.25, 0.3) is 11.8 Å². The van der Waals surface area contributed by atoms with Gasteiger partial charge in [-0.1, -0.05) is 0 Å². The number of carbonyl (C=O) groups excluding carboxylic acids is 2. The molecule has 2 fully saturated rings. The third-order valence-corrected chi connectivity index (χ3v) is 3.69. The molecule has 2 amide bonds. The Kier molecular flexibility index (Phi) is 4.73. The van der Waals surface area contributed by atoms with Gasteiger partial charge in [0.05, 0.1) is 0 Å². The van der Waals surface area contributed by atoms with Gasteiger partial charge in [0.2, 0.25) is 0 Å². The number of ether oxygens (including phenoxy) is 1. The van der Waals surface area contributed by atoms with Crippen molar-refractivity contribution < 1.29 is 14.3 Å². The van der Waals surface area contributed by atoms with E-state index in [0.29, 0.717) is 0 Å². The van der Waals surface area contributed by atoms with Crippen LogP contribution >= 0.6 is 0 Å². The monoisotopic (exact) mass is 270 g/mol. The summed E-state index contributed by atoms with van der Waals surface area (Å²) in [5.74, 6) is -1.13. The van der Waals surface area contributed by atoms with Crippen molar-refractivity contribution in [2.24, 2.45) is 11.5 Å². The fourth-order valence-corrected chi connectivity index (χ4v) is 2.74. The van der Waals surface area contributed by atoms with Gasteiger partial charge in [-0.05, 0) is 25.7 Å². The van der Waals surface area contributed by atoms with Crippen molar-refractivity contribution in [3.8, 4) is 0 Å². The Hall–Kier alpha value is -1.18. The maximum atomic E-state index is 11.5. The molecule has 0 aliphatic carbocycles. The second-order valence-corrected chi connectivity index (χ2v) is 5.13. The molecule has 0 aromatic carbocycles. The normalized spacial score (nSPS) is 24.4. The average molecular weight is 270 g/mol. The molecule has 7 heteroatoms. The molecule has 7 nitrogen and oxygen atoms in total. The number of amides is 2. The lowest BCUT2D eigenvalue weighted by Gasteiger charge is -2.31. The summed E-state index contributed by atoms with van der Waals surface area (Å²) in [5.41, 5.74) is 10.8. The number of nitrogens with two attached hydrogens (primary N) is 2. The standard InChI is InChI=1S/C12H22N4O3/c13-9(17)11(15-5-1-2-6-15)19-12(10(14)18)16-7-3-4-8-16/h11-12H,1-8H2,(H2,13,17)(H2,14,18). The molecule has 2 unspecified atom stereocenters. The van der Waals surface area contributed by atoms with Crippen LogP contribution in [0, 0.1) is 0 Å². The van der Waals surface area contributed by atoms with Gasteiger partial charge in [0, 0.05) is 26.2 Å². The summed E-state index contributed by atoms with van der Waals surface area (Å²) in [6, 6.07) is 0. The highest BCUT2D eigenvalue weighted by atomic mass is 16.5. The molecule has 4 N–H and O–H groups in total. The van der Waals surface area contributed by atoms with Crippen LogP contribution in [0.5, 0.6) is 0 Å². The van der Waals surface area contributed by atoms with E-state index in [2.05, 4.69) is 0 Å². The number of likely N-dealkylation sites (tertiary alicyclic amines) is 2. The van der Waals surface area contributed by atoms with Crippen molar-refractivity contribution in [1.29, 1.82) is 0 Å². The van der Waals surface area contributed by atoms with E-state index in [0.717, 1.165) is 51.9 Å². The van der Waals surface area contributed by atoms with E-state index in [1.807, 2.05) is 9.80 Å². The lowest BCUT2D eigenvalue weighted by atomic mass is 10.4. The highest BCUT2D eigenvalue weighted by molar-refractivity contribution is 5.81. The number of nitrogens with zero attached hydrogens (tertiary/aromatic N) is 2. The third-order valence-electron chi connectivity index (χ3n) is 3.69. The van der Waals surface area contributed by atoms with Crippen LogP contribution in [0.15, 0.2) is 0 Å². The number of primary amides is 2. The van der Waals surface area contributed by atoms with E-state index in [1.165, 1.54) is 0 Å². The van der Waals surface area contributed by atoms with E-state index < -0.39 is 24.3 Å². The molecule has 0 bridgehead atoms. The Labute approximate surface area is 112 Å². The van der Waals surface area contributed by atoms with Crippen molar-refractivity contribution in [3.63, 3.8) is 0 Å². The Morgan fingerprint density at radius 2 is 1.11 bits per heavy atom. The molecule has 0 saturated carbocycles. The second kappa shape index (κ2) is 6.31. The van der Waals surface area contributed by atoms with Crippen LogP contribution in [0.25, 0.3) is 0 Å². The summed E-state index contributed by atoms with van der Waals surface area (Å²) < 4.78 is 5.64. The fourth-order valence-electron chi connectivity index (χ4n) is 2.74. The van der Waals surface area contributed by atoms with Gasteiger partial charge in [-0.25, -0.2) is 0 Å². The Morgan fingerprint density at radius 3 is 1.37 bits per heavy atom. The van der Waals surface area contributed by atoms with E-state index in [9.17, 15) is 9.59 Å². The first-order valence-corrected chi connectivity index (χ1v) is 6.82. The average Bonchev–Trinajstić information content (AvgIpc) is 3.00. The largest absolute Gasteiger partial charge is 0.366 e. The Bertz CT molecular complexity index is 306. The number of rotatable bonds is 6. The Morgan fingerprint density at radius 1 is 0.789 bits per heavy atom. The van der Waals surface area contributed by atoms with Crippen molar-refractivity contribution in [2.75, 3.05) is 26.2 Å². The van der Waals surface area contributed by atoms with Gasteiger partial charge in [0.1, 0.15) is 0 Å². The van der Waals surface area contributed by atoms with Crippen LogP contribution in [-0.2, 0) is 14.3 Å². The molecule has 0 aromatic heterocycles. The van der Waals surface area contributed by atoms with Gasteiger partial charge < -0.3 is 16.2 Å². The molecule has 0 aromatic rings. The molecule has 0 spiro atoms. The van der Waals surface area contributed by atoms with Gasteiger partial charge in [-0.3, -0.25) is 19.4 Å². The molecule has 2 atom stereocenters. The number of hydrogen-bond donors (Lipinski definition) is 2. The van der Waals surface area contributed by atoms with E-state index in [1.54, 1.807) is 0 Å². The maximum Gasteiger partial charge on any atom is 0.261 e. The third kappa shape index (κ3) is 3.43. The quantitative estimate of drug-likeness (QED) is 0.632. The minimum Gasteiger partial charge on any atom is -0.366 e. The lowest BCUT2D eigenvalue weighted by Crippen LogP contribution is -2.54. The van der Waals surface area contributed by atoms with Gasteiger partial charge in [-0.2, -0.15) is 0 Å². The van der Waals surface area contributed by atoms with Crippen LogP contribution in [0.2, 0.25) is 0 Å². The minimum atomic E-state index is -0.861. The van der Waals surface area contributed by atoms with Crippen LogP contribution in [0.1, 0.15) is 25.7 Å².